The fourth-order valence-corrected chi connectivity index (χ4v) is 2.54. The molecule has 0 aromatic heterocycles. The second kappa shape index (κ2) is 7.06. The number of likely N-dealkylation sites (N-methyl/N-ethyl adjacent to an activating group) is 1. The summed E-state index contributed by atoms with van der Waals surface area (Å²) in [5.41, 5.74) is 0.955. The van der Waals surface area contributed by atoms with Crippen LogP contribution in [-0.2, 0) is 13.8 Å². The van der Waals surface area contributed by atoms with Crippen LogP contribution in [0, 0.1) is 6.92 Å². The maximum absolute atomic E-state index is 12.2. The number of carbonyl (C=O) groups excluding carboxylic acids is 1. The molecule has 0 spiro atoms. The summed E-state index contributed by atoms with van der Waals surface area (Å²) in [6.07, 6.45) is 0. The number of hydrogen-bond acceptors (Lipinski definition) is 4. The van der Waals surface area contributed by atoms with Gasteiger partial charge in [-0.05, 0) is 37.6 Å². The van der Waals surface area contributed by atoms with Crippen molar-refractivity contribution in [2.24, 2.45) is 0 Å². The Kier molecular flexibility index (Phi) is 5.98. The molecule has 0 radical (unpaired) electrons. The van der Waals surface area contributed by atoms with E-state index in [1.807, 2.05) is 6.92 Å². The molecule has 0 saturated carbocycles. The number of rotatable bonds is 6. The Bertz CT molecular complexity index is 586. The molecule has 112 valence electrons. The predicted octanol–water partition coefficient (Wildman–Crippen LogP) is 2.03. The first-order valence-corrected chi connectivity index (χ1v) is 8.46. The summed E-state index contributed by atoms with van der Waals surface area (Å²) in [6, 6.07) is 4.35. The van der Waals surface area contributed by atoms with E-state index in [0.717, 1.165) is 0 Å². The van der Waals surface area contributed by atoms with Crippen molar-refractivity contribution < 1.29 is 17.9 Å². The topological polar surface area (TPSA) is 63.7 Å². The van der Waals surface area contributed by atoms with Crippen LogP contribution in [0.15, 0.2) is 23.1 Å². The zero-order valence-corrected chi connectivity index (χ0v) is 13.3. The summed E-state index contributed by atoms with van der Waals surface area (Å²) in [5, 5.41) is 0. The molecule has 0 unspecified atom stereocenters. The predicted molar refractivity (Wildman–Crippen MR) is 77.7 cm³/mol. The van der Waals surface area contributed by atoms with Gasteiger partial charge in [0, 0.05) is 36.4 Å². The number of nitrogens with zero attached hydrogens (tertiary/aromatic N) is 1. The van der Waals surface area contributed by atoms with Gasteiger partial charge in [-0.25, -0.2) is 8.42 Å². The molecule has 0 N–H and O–H groups in total. The standard InChI is InChI=1S/C13H18ClNO4S/c1-4-19-6-5-15(3)13(16)11-7-10(2)8-12(9-11)20(14,17)18/h7-9H,4-6H2,1-3H3. The first-order chi connectivity index (χ1) is 9.25. The molecule has 0 bridgehead atoms. The van der Waals surface area contributed by atoms with Gasteiger partial charge in [-0.1, -0.05) is 0 Å². The van der Waals surface area contributed by atoms with Gasteiger partial charge < -0.3 is 9.64 Å². The van der Waals surface area contributed by atoms with Crippen LogP contribution < -0.4 is 0 Å². The van der Waals surface area contributed by atoms with Gasteiger partial charge in [0.15, 0.2) is 0 Å². The molecule has 1 amide bonds. The number of ether oxygens (including phenoxy) is 1. The van der Waals surface area contributed by atoms with E-state index in [1.54, 1.807) is 20.0 Å². The molecule has 0 heterocycles. The van der Waals surface area contributed by atoms with Gasteiger partial charge in [0.2, 0.25) is 0 Å². The van der Waals surface area contributed by atoms with Crippen LogP contribution >= 0.6 is 10.7 Å². The lowest BCUT2D eigenvalue weighted by atomic mass is 10.1. The third-order valence-electron chi connectivity index (χ3n) is 2.70. The first kappa shape index (κ1) is 16.9. The fraction of sp³-hybridized carbons (Fsp3) is 0.462. The van der Waals surface area contributed by atoms with Crippen molar-refractivity contribution >= 4 is 25.6 Å². The van der Waals surface area contributed by atoms with Crippen molar-refractivity contribution in [3.05, 3.63) is 29.3 Å². The van der Waals surface area contributed by atoms with E-state index in [1.165, 1.54) is 17.0 Å². The summed E-state index contributed by atoms with van der Waals surface area (Å²) < 4.78 is 27.9. The molecule has 20 heavy (non-hydrogen) atoms. The number of aryl methyl sites for hydroxylation is 1. The average molecular weight is 320 g/mol. The van der Waals surface area contributed by atoms with Crippen molar-refractivity contribution in [2.45, 2.75) is 18.7 Å². The summed E-state index contributed by atoms with van der Waals surface area (Å²) >= 11 is 0. The fourth-order valence-electron chi connectivity index (χ4n) is 1.68. The van der Waals surface area contributed by atoms with E-state index in [-0.39, 0.29) is 10.8 Å². The molecule has 1 aromatic rings. The van der Waals surface area contributed by atoms with Gasteiger partial charge in [0.05, 0.1) is 11.5 Å². The van der Waals surface area contributed by atoms with Crippen molar-refractivity contribution in [2.75, 3.05) is 26.8 Å². The van der Waals surface area contributed by atoms with Gasteiger partial charge in [-0.3, -0.25) is 4.79 Å². The lowest BCUT2D eigenvalue weighted by molar-refractivity contribution is 0.0709. The Labute approximate surface area is 123 Å². The number of hydrogen-bond donors (Lipinski definition) is 0. The second-order valence-electron chi connectivity index (χ2n) is 4.40. The van der Waals surface area contributed by atoms with Gasteiger partial charge in [-0.2, -0.15) is 0 Å². The Morgan fingerprint density at radius 1 is 1.35 bits per heavy atom. The Balaban J connectivity index is 2.96. The van der Waals surface area contributed by atoms with Crippen LogP contribution in [0.4, 0.5) is 0 Å². The van der Waals surface area contributed by atoms with Gasteiger partial charge >= 0.3 is 0 Å². The lowest BCUT2D eigenvalue weighted by Gasteiger charge is -2.17. The highest BCUT2D eigenvalue weighted by atomic mass is 35.7. The number of carbonyl (C=O) groups is 1. The number of halogens is 1. The summed E-state index contributed by atoms with van der Waals surface area (Å²) in [4.78, 5) is 13.6. The van der Waals surface area contributed by atoms with Crippen LogP contribution in [0.5, 0.6) is 0 Å². The second-order valence-corrected chi connectivity index (χ2v) is 6.96. The van der Waals surface area contributed by atoms with Crippen LogP contribution in [0.3, 0.4) is 0 Å². The van der Waals surface area contributed by atoms with Crippen LogP contribution in [0.2, 0.25) is 0 Å². The van der Waals surface area contributed by atoms with Gasteiger partial charge in [0.25, 0.3) is 15.0 Å². The van der Waals surface area contributed by atoms with E-state index in [4.69, 9.17) is 15.4 Å². The molecule has 0 atom stereocenters. The number of amides is 1. The van der Waals surface area contributed by atoms with Crippen LogP contribution in [-0.4, -0.2) is 46.0 Å². The highest BCUT2D eigenvalue weighted by molar-refractivity contribution is 8.13. The normalized spacial score (nSPS) is 11.4. The van der Waals surface area contributed by atoms with E-state index >= 15 is 0 Å². The van der Waals surface area contributed by atoms with Gasteiger partial charge in [0.1, 0.15) is 0 Å². The maximum Gasteiger partial charge on any atom is 0.261 e. The summed E-state index contributed by atoms with van der Waals surface area (Å²) in [7, 11) is 3.10. The maximum atomic E-state index is 12.2. The molecule has 0 aliphatic carbocycles. The van der Waals surface area contributed by atoms with Crippen molar-refractivity contribution in [3.63, 3.8) is 0 Å². The minimum Gasteiger partial charge on any atom is -0.380 e. The third kappa shape index (κ3) is 4.77. The minimum absolute atomic E-state index is 0.0688. The zero-order chi connectivity index (χ0) is 15.3. The molecule has 5 nitrogen and oxygen atoms in total. The van der Waals surface area contributed by atoms with Crippen LogP contribution in [0.1, 0.15) is 22.8 Å². The first-order valence-electron chi connectivity index (χ1n) is 6.15. The van der Waals surface area contributed by atoms with Crippen molar-refractivity contribution in [1.29, 1.82) is 0 Å². The Morgan fingerprint density at radius 3 is 2.55 bits per heavy atom. The molecule has 1 rings (SSSR count). The van der Waals surface area contributed by atoms with Crippen molar-refractivity contribution in [3.8, 4) is 0 Å². The minimum atomic E-state index is -3.85. The zero-order valence-electron chi connectivity index (χ0n) is 11.7. The largest absolute Gasteiger partial charge is 0.380 e. The molecule has 0 saturated heterocycles. The van der Waals surface area contributed by atoms with Crippen molar-refractivity contribution in [1.82, 2.24) is 4.90 Å². The monoisotopic (exact) mass is 319 g/mol. The highest BCUT2D eigenvalue weighted by Gasteiger charge is 2.17. The molecule has 0 aliphatic heterocycles. The lowest BCUT2D eigenvalue weighted by Crippen LogP contribution is -2.30. The molecule has 0 aliphatic rings. The quantitative estimate of drug-likeness (QED) is 0.594. The van der Waals surface area contributed by atoms with E-state index < -0.39 is 9.05 Å². The SMILES string of the molecule is CCOCCN(C)C(=O)c1cc(C)cc(S(=O)(=O)Cl)c1. The molecular weight excluding hydrogens is 302 g/mol. The number of benzene rings is 1. The van der Waals surface area contributed by atoms with Crippen LogP contribution in [0.25, 0.3) is 0 Å². The Morgan fingerprint density at radius 2 is 2.00 bits per heavy atom. The molecule has 7 heteroatoms. The highest BCUT2D eigenvalue weighted by Crippen LogP contribution is 2.19. The van der Waals surface area contributed by atoms with E-state index in [9.17, 15) is 13.2 Å². The smallest absolute Gasteiger partial charge is 0.261 e. The van der Waals surface area contributed by atoms with E-state index in [2.05, 4.69) is 0 Å². The molecule has 1 aromatic carbocycles. The average Bonchev–Trinajstić information content (AvgIpc) is 2.36. The molecule has 0 fully saturated rings. The summed E-state index contributed by atoms with van der Waals surface area (Å²) in [5.74, 6) is -0.269. The Hall–Kier alpha value is -1.11. The summed E-state index contributed by atoms with van der Waals surface area (Å²) in [6.45, 7) is 5.04. The van der Waals surface area contributed by atoms with E-state index in [0.29, 0.717) is 30.9 Å². The third-order valence-corrected chi connectivity index (χ3v) is 4.03. The van der Waals surface area contributed by atoms with Gasteiger partial charge in [-0.15, -0.1) is 0 Å². The molecular formula is C13H18ClNO4S.